The second-order valence-corrected chi connectivity index (χ2v) is 9.36. The van der Waals surface area contributed by atoms with Gasteiger partial charge in [0.2, 0.25) is 10.0 Å². The van der Waals surface area contributed by atoms with Gasteiger partial charge in [0.1, 0.15) is 4.90 Å². The number of hydrogen-bond donors (Lipinski definition) is 2. The standard InChI is InChI=1S/C12H16Br2N2O2S2/c13-10-5-9(15)6-11(14)12(10)20(17,18)16-7-8-1-3-19-4-2-8/h5-6,8,16H,1-4,7,15H2. The maximum Gasteiger partial charge on any atom is 0.242 e. The van der Waals surface area contributed by atoms with E-state index in [4.69, 9.17) is 5.73 Å². The molecule has 0 radical (unpaired) electrons. The first-order chi connectivity index (χ1) is 9.40. The van der Waals surface area contributed by atoms with Crippen LogP contribution in [0, 0.1) is 5.92 Å². The molecule has 8 heteroatoms. The molecule has 0 atom stereocenters. The summed E-state index contributed by atoms with van der Waals surface area (Å²) in [4.78, 5) is 0.205. The third kappa shape index (κ3) is 4.13. The molecular formula is C12H16Br2N2O2S2. The molecule has 4 nitrogen and oxygen atoms in total. The highest BCUT2D eigenvalue weighted by Gasteiger charge is 2.23. The lowest BCUT2D eigenvalue weighted by Gasteiger charge is -2.21. The zero-order valence-electron chi connectivity index (χ0n) is 10.7. The number of rotatable bonds is 4. The van der Waals surface area contributed by atoms with Crippen LogP contribution in [0.1, 0.15) is 12.8 Å². The van der Waals surface area contributed by atoms with Gasteiger partial charge in [-0.15, -0.1) is 0 Å². The van der Waals surface area contributed by atoms with Crippen LogP contribution in [0.15, 0.2) is 26.0 Å². The largest absolute Gasteiger partial charge is 0.399 e. The average Bonchev–Trinajstić information content (AvgIpc) is 2.36. The Kier molecular flexibility index (Phi) is 5.81. The molecule has 1 aromatic rings. The molecule has 0 amide bonds. The average molecular weight is 444 g/mol. The fourth-order valence-electron chi connectivity index (χ4n) is 2.09. The lowest BCUT2D eigenvalue weighted by atomic mass is 10.0. The predicted octanol–water partition coefficient (Wildman–Crippen LogP) is 3.22. The van der Waals surface area contributed by atoms with Gasteiger partial charge in [-0.2, -0.15) is 11.8 Å². The van der Waals surface area contributed by atoms with Crippen LogP contribution in [0.5, 0.6) is 0 Å². The van der Waals surface area contributed by atoms with Crippen LogP contribution in [-0.2, 0) is 10.0 Å². The molecule has 1 aliphatic heterocycles. The van der Waals surface area contributed by atoms with Gasteiger partial charge in [0.25, 0.3) is 0 Å². The Labute approximate surface area is 140 Å². The third-order valence-corrected chi connectivity index (χ3v) is 7.54. The molecular weight excluding hydrogens is 428 g/mol. The topological polar surface area (TPSA) is 72.2 Å². The lowest BCUT2D eigenvalue weighted by Crippen LogP contribution is -2.31. The summed E-state index contributed by atoms with van der Waals surface area (Å²) < 4.78 is 28.5. The van der Waals surface area contributed by atoms with Gasteiger partial charge in [0.15, 0.2) is 0 Å². The summed E-state index contributed by atoms with van der Waals surface area (Å²) >= 11 is 8.46. The van der Waals surface area contributed by atoms with Crippen LogP contribution in [-0.4, -0.2) is 26.5 Å². The first-order valence-corrected chi connectivity index (χ1v) is 10.4. The highest BCUT2D eigenvalue weighted by atomic mass is 79.9. The van der Waals surface area contributed by atoms with E-state index in [0.29, 0.717) is 27.1 Å². The molecule has 0 saturated carbocycles. The van der Waals surface area contributed by atoms with Gasteiger partial charge in [-0.25, -0.2) is 13.1 Å². The fraction of sp³-hybridized carbons (Fsp3) is 0.500. The van der Waals surface area contributed by atoms with Gasteiger partial charge in [0.05, 0.1) is 0 Å². The number of anilines is 1. The van der Waals surface area contributed by atoms with Crippen molar-refractivity contribution in [2.75, 3.05) is 23.8 Å². The SMILES string of the molecule is Nc1cc(Br)c(S(=O)(=O)NCC2CCSCC2)c(Br)c1. The monoisotopic (exact) mass is 442 g/mol. The summed E-state index contributed by atoms with van der Waals surface area (Å²) in [6.45, 7) is 0.492. The quantitative estimate of drug-likeness (QED) is 0.700. The molecule has 2 rings (SSSR count). The first kappa shape index (κ1) is 16.6. The van der Waals surface area contributed by atoms with E-state index in [9.17, 15) is 8.42 Å². The van der Waals surface area contributed by atoms with Crippen LogP contribution < -0.4 is 10.5 Å². The van der Waals surface area contributed by atoms with Crippen molar-refractivity contribution in [2.45, 2.75) is 17.7 Å². The van der Waals surface area contributed by atoms with Crippen molar-refractivity contribution in [2.24, 2.45) is 5.92 Å². The van der Waals surface area contributed by atoms with Gasteiger partial charge in [-0.1, -0.05) is 0 Å². The van der Waals surface area contributed by atoms with E-state index < -0.39 is 10.0 Å². The first-order valence-electron chi connectivity index (χ1n) is 6.22. The van der Waals surface area contributed by atoms with Crippen molar-refractivity contribution in [1.29, 1.82) is 0 Å². The summed E-state index contributed by atoms with van der Waals surface area (Å²) in [7, 11) is -3.54. The van der Waals surface area contributed by atoms with E-state index in [1.807, 2.05) is 11.8 Å². The molecule has 1 heterocycles. The van der Waals surface area contributed by atoms with Crippen molar-refractivity contribution in [3.63, 3.8) is 0 Å². The molecule has 0 spiro atoms. The molecule has 1 aliphatic rings. The number of nitrogen functional groups attached to an aromatic ring is 1. The molecule has 3 N–H and O–H groups in total. The Balaban J connectivity index is 2.14. The van der Waals surface area contributed by atoms with E-state index in [1.165, 1.54) is 0 Å². The highest BCUT2D eigenvalue weighted by molar-refractivity contribution is 9.11. The third-order valence-electron chi connectivity index (χ3n) is 3.19. The maximum atomic E-state index is 12.4. The molecule has 1 aromatic carbocycles. The smallest absolute Gasteiger partial charge is 0.242 e. The van der Waals surface area contributed by atoms with Crippen molar-refractivity contribution < 1.29 is 8.42 Å². The van der Waals surface area contributed by atoms with Crippen molar-refractivity contribution in [3.05, 3.63) is 21.1 Å². The van der Waals surface area contributed by atoms with Gasteiger partial charge in [-0.05, 0) is 74.3 Å². The zero-order chi connectivity index (χ0) is 14.8. The number of sulfonamides is 1. The van der Waals surface area contributed by atoms with E-state index in [-0.39, 0.29) is 4.90 Å². The van der Waals surface area contributed by atoms with Gasteiger partial charge >= 0.3 is 0 Å². The van der Waals surface area contributed by atoms with E-state index in [2.05, 4.69) is 36.6 Å². The molecule has 0 unspecified atom stereocenters. The van der Waals surface area contributed by atoms with Gasteiger partial charge in [0, 0.05) is 21.2 Å². The number of nitrogens with one attached hydrogen (secondary N) is 1. The van der Waals surface area contributed by atoms with Gasteiger partial charge < -0.3 is 5.73 Å². The molecule has 1 saturated heterocycles. The minimum absolute atomic E-state index is 0.205. The molecule has 0 aliphatic carbocycles. The Bertz CT molecular complexity index is 564. The van der Waals surface area contributed by atoms with Crippen LogP contribution in [0.3, 0.4) is 0 Å². The number of hydrogen-bond acceptors (Lipinski definition) is 4. The Morgan fingerprint density at radius 2 is 1.80 bits per heavy atom. The highest BCUT2D eigenvalue weighted by Crippen LogP contribution is 2.32. The van der Waals surface area contributed by atoms with Crippen LogP contribution in [0.25, 0.3) is 0 Å². The van der Waals surface area contributed by atoms with Crippen molar-refractivity contribution >= 4 is 59.3 Å². The zero-order valence-corrected chi connectivity index (χ0v) is 15.5. The maximum absolute atomic E-state index is 12.4. The number of halogens is 2. The van der Waals surface area contributed by atoms with Crippen LogP contribution >= 0.6 is 43.6 Å². The Hall–Kier alpha value is 0.240. The Morgan fingerprint density at radius 3 is 2.35 bits per heavy atom. The Morgan fingerprint density at radius 1 is 1.25 bits per heavy atom. The number of benzene rings is 1. The summed E-state index contributed by atoms with van der Waals surface area (Å²) in [5.41, 5.74) is 6.19. The minimum Gasteiger partial charge on any atom is -0.399 e. The summed E-state index contributed by atoms with van der Waals surface area (Å²) in [6.07, 6.45) is 2.13. The normalized spacial score (nSPS) is 17.3. The summed E-state index contributed by atoms with van der Waals surface area (Å²) in [5, 5.41) is 0. The van der Waals surface area contributed by atoms with E-state index in [0.717, 1.165) is 24.3 Å². The molecule has 0 aromatic heterocycles. The second-order valence-electron chi connectivity index (χ2n) is 4.72. The summed E-state index contributed by atoms with van der Waals surface area (Å²) in [6, 6.07) is 3.19. The number of nitrogens with two attached hydrogens (primary N) is 1. The summed E-state index contributed by atoms with van der Waals surface area (Å²) in [5.74, 6) is 2.65. The number of thioether (sulfide) groups is 1. The van der Waals surface area contributed by atoms with Crippen molar-refractivity contribution in [1.82, 2.24) is 4.72 Å². The molecule has 20 heavy (non-hydrogen) atoms. The predicted molar refractivity (Wildman–Crippen MR) is 91.5 cm³/mol. The van der Waals surface area contributed by atoms with Crippen molar-refractivity contribution in [3.8, 4) is 0 Å². The van der Waals surface area contributed by atoms with Gasteiger partial charge in [-0.3, -0.25) is 0 Å². The lowest BCUT2D eigenvalue weighted by molar-refractivity contribution is 0.476. The van der Waals surface area contributed by atoms with E-state index in [1.54, 1.807) is 12.1 Å². The van der Waals surface area contributed by atoms with E-state index >= 15 is 0 Å². The van der Waals surface area contributed by atoms with Crippen LogP contribution in [0.4, 0.5) is 5.69 Å². The molecule has 1 fully saturated rings. The second kappa shape index (κ2) is 7.00. The molecule has 0 bridgehead atoms. The minimum atomic E-state index is -3.54. The van der Waals surface area contributed by atoms with Crippen LogP contribution in [0.2, 0.25) is 0 Å². The molecule has 112 valence electrons. The fourth-order valence-corrected chi connectivity index (χ4v) is 7.02.